The molecular weight excluding hydrogens is 469 g/mol. The lowest BCUT2D eigenvalue weighted by Gasteiger charge is -2.35. The molecule has 0 saturated carbocycles. The van der Waals surface area contributed by atoms with Gasteiger partial charge in [-0.05, 0) is 69.3 Å². The Morgan fingerprint density at radius 1 is 1.19 bits per heavy atom. The highest BCUT2D eigenvalue weighted by molar-refractivity contribution is 6.01. The Kier molecular flexibility index (Phi) is 8.18. The topological polar surface area (TPSA) is 83.1 Å². The monoisotopic (exact) mass is 503 g/mol. The van der Waals surface area contributed by atoms with Crippen LogP contribution in [0.1, 0.15) is 48.8 Å². The van der Waals surface area contributed by atoms with Crippen molar-refractivity contribution in [3.05, 3.63) is 77.4 Å². The Labute approximate surface area is 217 Å². The van der Waals surface area contributed by atoms with Crippen molar-refractivity contribution in [3.8, 4) is 17.0 Å². The number of H-pyrrole nitrogens is 1. The number of nitrogens with one attached hydrogen (secondary N) is 2. The summed E-state index contributed by atoms with van der Waals surface area (Å²) in [5, 5.41) is 11.6. The zero-order valence-corrected chi connectivity index (χ0v) is 22.0. The van der Waals surface area contributed by atoms with Gasteiger partial charge in [-0.3, -0.25) is 19.8 Å². The molecule has 2 aromatic heterocycles. The highest BCUT2D eigenvalue weighted by Crippen LogP contribution is 2.28. The number of halogens is 1. The number of amides is 1. The summed E-state index contributed by atoms with van der Waals surface area (Å²) >= 11 is 0. The van der Waals surface area contributed by atoms with Gasteiger partial charge in [0.2, 0.25) is 0 Å². The Morgan fingerprint density at radius 3 is 2.70 bits per heavy atom. The van der Waals surface area contributed by atoms with Crippen molar-refractivity contribution in [1.29, 1.82) is 0 Å². The van der Waals surface area contributed by atoms with Crippen LogP contribution in [0.2, 0.25) is 0 Å². The molecule has 2 unspecified atom stereocenters. The van der Waals surface area contributed by atoms with Crippen LogP contribution in [0.3, 0.4) is 0 Å². The number of fused-ring (bicyclic) bond motifs is 1. The second-order valence-corrected chi connectivity index (χ2v) is 9.24. The SMILES string of the molecule is CCC(C(C)NC(=O)c1ccc2[nH]nc(-c3ccnc(C)c3)c2c1)N(CC)Cc1c(F)cccc1OC. The summed E-state index contributed by atoms with van der Waals surface area (Å²) in [6, 6.07) is 14.1. The van der Waals surface area contributed by atoms with Gasteiger partial charge in [-0.2, -0.15) is 5.10 Å². The van der Waals surface area contributed by atoms with Crippen molar-refractivity contribution in [2.75, 3.05) is 13.7 Å². The molecule has 37 heavy (non-hydrogen) atoms. The molecule has 8 heteroatoms. The highest BCUT2D eigenvalue weighted by atomic mass is 19.1. The van der Waals surface area contributed by atoms with Gasteiger partial charge in [0.05, 0.1) is 12.6 Å². The summed E-state index contributed by atoms with van der Waals surface area (Å²) in [6.45, 7) is 9.14. The Hall–Kier alpha value is -3.78. The first-order valence-electron chi connectivity index (χ1n) is 12.6. The fourth-order valence-corrected chi connectivity index (χ4v) is 4.93. The van der Waals surface area contributed by atoms with E-state index in [0.29, 0.717) is 30.0 Å². The number of likely N-dealkylation sites (N-methyl/N-ethyl adjacent to an activating group) is 1. The molecule has 2 atom stereocenters. The Balaban J connectivity index is 1.54. The maximum atomic E-state index is 14.6. The van der Waals surface area contributed by atoms with Crippen molar-refractivity contribution in [2.45, 2.75) is 52.7 Å². The molecule has 0 saturated heterocycles. The summed E-state index contributed by atoms with van der Waals surface area (Å²) in [4.78, 5) is 19.8. The van der Waals surface area contributed by atoms with E-state index in [1.54, 1.807) is 31.5 Å². The number of methoxy groups -OCH3 is 1. The van der Waals surface area contributed by atoms with Crippen LogP contribution in [-0.2, 0) is 6.54 Å². The van der Waals surface area contributed by atoms with Gasteiger partial charge in [0.25, 0.3) is 5.91 Å². The molecule has 0 bridgehead atoms. The van der Waals surface area contributed by atoms with Crippen LogP contribution in [0.5, 0.6) is 5.75 Å². The number of benzene rings is 2. The van der Waals surface area contributed by atoms with Gasteiger partial charge < -0.3 is 10.1 Å². The quantitative estimate of drug-likeness (QED) is 0.299. The molecule has 0 aliphatic rings. The summed E-state index contributed by atoms with van der Waals surface area (Å²) in [5.74, 6) is 0.0713. The standard InChI is InChI=1S/C29H34FN5O2/c1-6-26(35(7-2)17-23-24(30)9-8-10-27(23)37-5)19(4)32-29(36)21-11-12-25-22(16-21)28(34-33-25)20-13-14-31-18(3)15-20/h8-16,19,26H,6-7,17H2,1-5H3,(H,32,36)(H,33,34). The van der Waals surface area contributed by atoms with E-state index < -0.39 is 0 Å². The minimum Gasteiger partial charge on any atom is -0.496 e. The zero-order valence-electron chi connectivity index (χ0n) is 22.0. The highest BCUT2D eigenvalue weighted by Gasteiger charge is 2.26. The number of aromatic amines is 1. The number of aryl methyl sites for hydroxylation is 1. The van der Waals surface area contributed by atoms with E-state index in [0.717, 1.165) is 34.3 Å². The molecule has 194 valence electrons. The van der Waals surface area contributed by atoms with E-state index in [1.165, 1.54) is 6.07 Å². The van der Waals surface area contributed by atoms with Crippen molar-refractivity contribution >= 4 is 16.8 Å². The molecule has 4 aromatic rings. The number of carbonyl (C=O) groups excluding carboxylic acids is 1. The predicted octanol–water partition coefficient (Wildman–Crippen LogP) is 5.50. The number of carbonyl (C=O) groups is 1. The molecular formula is C29H34FN5O2. The smallest absolute Gasteiger partial charge is 0.251 e. The third-order valence-electron chi connectivity index (χ3n) is 6.88. The Bertz CT molecular complexity index is 1390. The van der Waals surface area contributed by atoms with Crippen LogP contribution >= 0.6 is 0 Å². The number of aromatic nitrogens is 3. The Morgan fingerprint density at radius 2 is 2.00 bits per heavy atom. The number of ether oxygens (including phenoxy) is 1. The van der Waals surface area contributed by atoms with E-state index in [1.807, 2.05) is 45.0 Å². The van der Waals surface area contributed by atoms with Gasteiger partial charge in [0.15, 0.2) is 0 Å². The van der Waals surface area contributed by atoms with Crippen LogP contribution in [0, 0.1) is 12.7 Å². The lowest BCUT2D eigenvalue weighted by Crippen LogP contribution is -2.49. The number of pyridine rings is 1. The van der Waals surface area contributed by atoms with Crippen molar-refractivity contribution < 1.29 is 13.9 Å². The molecule has 2 aromatic carbocycles. The molecule has 7 nitrogen and oxygen atoms in total. The van der Waals surface area contributed by atoms with Crippen molar-refractivity contribution in [3.63, 3.8) is 0 Å². The predicted molar refractivity (Wildman–Crippen MR) is 144 cm³/mol. The fraction of sp³-hybridized carbons (Fsp3) is 0.345. The third kappa shape index (κ3) is 5.64. The second kappa shape index (κ2) is 11.5. The summed E-state index contributed by atoms with van der Waals surface area (Å²) < 4.78 is 20.0. The number of nitrogens with zero attached hydrogens (tertiary/aromatic N) is 3. The van der Waals surface area contributed by atoms with Crippen LogP contribution in [0.4, 0.5) is 4.39 Å². The summed E-state index contributed by atoms with van der Waals surface area (Å²) in [5.41, 5.74) is 4.56. The molecule has 1 amide bonds. The van der Waals surface area contributed by atoms with E-state index in [4.69, 9.17) is 4.74 Å². The van der Waals surface area contributed by atoms with Crippen LogP contribution in [0.15, 0.2) is 54.7 Å². The van der Waals surface area contributed by atoms with E-state index in [9.17, 15) is 9.18 Å². The molecule has 2 heterocycles. The van der Waals surface area contributed by atoms with Crippen LogP contribution < -0.4 is 10.1 Å². The first-order chi connectivity index (χ1) is 17.9. The fourth-order valence-electron chi connectivity index (χ4n) is 4.93. The third-order valence-corrected chi connectivity index (χ3v) is 6.88. The average Bonchev–Trinajstić information content (AvgIpc) is 3.32. The molecule has 0 fully saturated rings. The van der Waals surface area contributed by atoms with Crippen molar-refractivity contribution in [1.82, 2.24) is 25.4 Å². The second-order valence-electron chi connectivity index (χ2n) is 9.24. The molecule has 4 rings (SSSR count). The first-order valence-corrected chi connectivity index (χ1v) is 12.6. The number of hydrogen-bond donors (Lipinski definition) is 2. The lowest BCUT2D eigenvalue weighted by molar-refractivity contribution is 0.0887. The van der Waals surface area contributed by atoms with E-state index in [2.05, 4.69) is 32.3 Å². The van der Waals surface area contributed by atoms with Gasteiger partial charge in [-0.25, -0.2) is 4.39 Å². The molecule has 0 aliphatic heterocycles. The van der Waals surface area contributed by atoms with Crippen molar-refractivity contribution in [2.24, 2.45) is 0 Å². The van der Waals surface area contributed by atoms with Gasteiger partial charge in [-0.15, -0.1) is 0 Å². The average molecular weight is 504 g/mol. The summed E-state index contributed by atoms with van der Waals surface area (Å²) in [7, 11) is 1.55. The first kappa shape index (κ1) is 26.3. The minimum absolute atomic E-state index is 0.00581. The molecule has 0 spiro atoms. The van der Waals surface area contributed by atoms with Gasteiger partial charge >= 0.3 is 0 Å². The number of hydrogen-bond acceptors (Lipinski definition) is 5. The van der Waals surface area contributed by atoms with Gasteiger partial charge in [-0.1, -0.05) is 19.9 Å². The summed E-state index contributed by atoms with van der Waals surface area (Å²) in [6.07, 6.45) is 2.54. The maximum Gasteiger partial charge on any atom is 0.251 e. The lowest BCUT2D eigenvalue weighted by atomic mass is 10.0. The van der Waals surface area contributed by atoms with Crippen LogP contribution in [0.25, 0.3) is 22.2 Å². The van der Waals surface area contributed by atoms with Crippen LogP contribution in [-0.4, -0.2) is 51.7 Å². The van der Waals surface area contributed by atoms with Gasteiger partial charge in [0, 0.05) is 52.6 Å². The van der Waals surface area contributed by atoms with Gasteiger partial charge in [0.1, 0.15) is 17.3 Å². The zero-order chi connectivity index (χ0) is 26.5. The normalized spacial score (nSPS) is 13.1. The number of rotatable bonds is 10. The maximum absolute atomic E-state index is 14.6. The van der Waals surface area contributed by atoms with E-state index in [-0.39, 0.29) is 23.8 Å². The minimum atomic E-state index is -0.294. The molecule has 2 N–H and O–H groups in total. The molecule has 0 radical (unpaired) electrons. The largest absolute Gasteiger partial charge is 0.496 e. The molecule has 0 aliphatic carbocycles. The van der Waals surface area contributed by atoms with E-state index >= 15 is 0 Å².